The van der Waals surface area contributed by atoms with Crippen LogP contribution < -0.4 is 4.74 Å². The summed E-state index contributed by atoms with van der Waals surface area (Å²) in [6.07, 6.45) is 4.77. The Hall–Kier alpha value is -1.31. The Kier molecular flexibility index (Phi) is 2.69. The molecule has 0 aromatic heterocycles. The second kappa shape index (κ2) is 4.11. The molecule has 0 spiro atoms. The Balaban J connectivity index is 2.06. The second-order valence-corrected chi connectivity index (χ2v) is 5.92. The van der Waals surface area contributed by atoms with E-state index in [4.69, 9.17) is 4.74 Å². The normalized spacial score (nSPS) is 30.6. The van der Waals surface area contributed by atoms with E-state index in [0.717, 1.165) is 37.9 Å². The van der Waals surface area contributed by atoms with Crippen molar-refractivity contribution in [2.75, 3.05) is 7.11 Å². The first-order valence-corrected chi connectivity index (χ1v) is 6.82. The fourth-order valence-corrected chi connectivity index (χ4v) is 3.74. The topological polar surface area (TPSA) is 26.3 Å². The summed E-state index contributed by atoms with van der Waals surface area (Å²) < 4.78 is 5.36. The zero-order valence-corrected chi connectivity index (χ0v) is 11.2. The van der Waals surface area contributed by atoms with Gasteiger partial charge in [-0.1, -0.05) is 13.0 Å². The Morgan fingerprint density at radius 2 is 2.17 bits per heavy atom. The van der Waals surface area contributed by atoms with E-state index in [-0.39, 0.29) is 5.41 Å². The number of carbonyl (C=O) groups excluding carboxylic acids is 1. The van der Waals surface area contributed by atoms with Gasteiger partial charge in [0.1, 0.15) is 11.5 Å². The molecule has 0 N–H and O–H groups in total. The lowest BCUT2D eigenvalue weighted by Gasteiger charge is -2.46. The number of hydrogen-bond acceptors (Lipinski definition) is 2. The standard InChI is InChI=1S/C16H20O2/c1-16-8-7-13(17)9-12(16)5-3-11-4-6-14(18-2)10-15(11)16/h4,6,10,12H,3,5,7-9H2,1-2H3/t12-,16-/m0/s1. The minimum atomic E-state index is 0.177. The maximum absolute atomic E-state index is 11.7. The maximum atomic E-state index is 11.7. The lowest BCUT2D eigenvalue weighted by molar-refractivity contribution is -0.123. The molecule has 0 unspecified atom stereocenters. The number of hydrogen-bond donors (Lipinski definition) is 0. The molecule has 0 aliphatic heterocycles. The predicted molar refractivity (Wildman–Crippen MR) is 71.0 cm³/mol. The maximum Gasteiger partial charge on any atom is 0.133 e. The van der Waals surface area contributed by atoms with Gasteiger partial charge in [0.15, 0.2) is 0 Å². The van der Waals surface area contributed by atoms with Gasteiger partial charge in [-0.15, -0.1) is 0 Å². The summed E-state index contributed by atoms with van der Waals surface area (Å²) >= 11 is 0. The lowest BCUT2D eigenvalue weighted by Crippen LogP contribution is -2.41. The van der Waals surface area contributed by atoms with Crippen molar-refractivity contribution in [3.8, 4) is 5.75 Å². The molecule has 1 fully saturated rings. The number of fused-ring (bicyclic) bond motifs is 3. The van der Waals surface area contributed by atoms with E-state index in [1.54, 1.807) is 7.11 Å². The summed E-state index contributed by atoms with van der Waals surface area (Å²) in [4.78, 5) is 11.7. The van der Waals surface area contributed by atoms with Crippen molar-refractivity contribution in [2.24, 2.45) is 5.92 Å². The first kappa shape index (κ1) is 11.8. The highest BCUT2D eigenvalue weighted by Crippen LogP contribution is 2.49. The van der Waals surface area contributed by atoms with Crippen LogP contribution in [0.1, 0.15) is 43.7 Å². The van der Waals surface area contributed by atoms with Crippen LogP contribution >= 0.6 is 0 Å². The summed E-state index contributed by atoms with van der Waals surface area (Å²) in [7, 11) is 1.72. The quantitative estimate of drug-likeness (QED) is 0.758. The number of carbonyl (C=O) groups is 1. The van der Waals surface area contributed by atoms with Crippen molar-refractivity contribution in [2.45, 2.75) is 44.4 Å². The monoisotopic (exact) mass is 244 g/mol. The van der Waals surface area contributed by atoms with E-state index in [1.807, 2.05) is 0 Å². The van der Waals surface area contributed by atoms with Crippen LogP contribution in [-0.4, -0.2) is 12.9 Å². The van der Waals surface area contributed by atoms with Crippen molar-refractivity contribution < 1.29 is 9.53 Å². The van der Waals surface area contributed by atoms with E-state index in [0.29, 0.717) is 11.7 Å². The van der Waals surface area contributed by atoms with E-state index in [2.05, 4.69) is 25.1 Å². The zero-order chi connectivity index (χ0) is 12.8. The van der Waals surface area contributed by atoms with E-state index in [1.165, 1.54) is 11.1 Å². The molecule has 2 aliphatic carbocycles. The fraction of sp³-hybridized carbons (Fsp3) is 0.562. The van der Waals surface area contributed by atoms with Gasteiger partial charge < -0.3 is 4.74 Å². The molecule has 2 atom stereocenters. The number of benzene rings is 1. The van der Waals surface area contributed by atoms with Crippen LogP contribution in [0.5, 0.6) is 5.75 Å². The van der Waals surface area contributed by atoms with Gasteiger partial charge in [-0.2, -0.15) is 0 Å². The summed E-state index contributed by atoms with van der Waals surface area (Å²) in [5.41, 5.74) is 3.05. The Morgan fingerprint density at radius 1 is 1.33 bits per heavy atom. The number of ether oxygens (including phenoxy) is 1. The van der Waals surface area contributed by atoms with Crippen LogP contribution in [0.3, 0.4) is 0 Å². The smallest absolute Gasteiger partial charge is 0.133 e. The third-order valence-corrected chi connectivity index (χ3v) is 4.99. The van der Waals surface area contributed by atoms with Crippen molar-refractivity contribution in [1.82, 2.24) is 0 Å². The first-order valence-electron chi connectivity index (χ1n) is 6.82. The van der Waals surface area contributed by atoms with Crippen LogP contribution in [0.2, 0.25) is 0 Å². The van der Waals surface area contributed by atoms with Gasteiger partial charge in [0, 0.05) is 12.8 Å². The highest BCUT2D eigenvalue weighted by molar-refractivity contribution is 5.80. The highest BCUT2D eigenvalue weighted by atomic mass is 16.5. The molecular formula is C16H20O2. The minimum absolute atomic E-state index is 0.177. The van der Waals surface area contributed by atoms with Gasteiger partial charge in [-0.05, 0) is 53.9 Å². The van der Waals surface area contributed by atoms with Gasteiger partial charge in [0.2, 0.25) is 0 Å². The number of aryl methyl sites for hydroxylation is 1. The molecule has 0 saturated heterocycles. The fourth-order valence-electron chi connectivity index (χ4n) is 3.74. The van der Waals surface area contributed by atoms with Gasteiger partial charge in [0.05, 0.1) is 7.11 Å². The molecule has 2 heteroatoms. The SMILES string of the molecule is COc1ccc2c(c1)[C@@]1(C)CCC(=O)C[C@@H]1CC2. The minimum Gasteiger partial charge on any atom is -0.497 e. The van der Waals surface area contributed by atoms with Gasteiger partial charge in [-0.3, -0.25) is 4.79 Å². The largest absolute Gasteiger partial charge is 0.497 e. The number of Topliss-reactive ketones (excluding diaryl/α,β-unsaturated/α-hetero) is 1. The lowest BCUT2D eigenvalue weighted by atomic mass is 9.58. The van der Waals surface area contributed by atoms with Gasteiger partial charge >= 0.3 is 0 Å². The second-order valence-electron chi connectivity index (χ2n) is 5.92. The third kappa shape index (κ3) is 1.66. The number of rotatable bonds is 1. The molecule has 96 valence electrons. The Morgan fingerprint density at radius 3 is 2.94 bits per heavy atom. The molecule has 1 aromatic rings. The van der Waals surface area contributed by atoms with Crippen LogP contribution in [0.15, 0.2) is 18.2 Å². The molecule has 1 aromatic carbocycles. The molecule has 1 saturated carbocycles. The number of ketones is 1. The molecule has 18 heavy (non-hydrogen) atoms. The molecule has 0 heterocycles. The summed E-state index contributed by atoms with van der Waals surface area (Å²) in [5, 5.41) is 0. The molecule has 0 bridgehead atoms. The third-order valence-electron chi connectivity index (χ3n) is 4.99. The zero-order valence-electron chi connectivity index (χ0n) is 11.2. The molecule has 0 radical (unpaired) electrons. The van der Waals surface area contributed by atoms with Gasteiger partial charge in [0.25, 0.3) is 0 Å². The summed E-state index contributed by atoms with van der Waals surface area (Å²) in [5.74, 6) is 1.91. The predicted octanol–water partition coefficient (Wildman–Crippen LogP) is 3.27. The Labute approximate surface area is 108 Å². The molecule has 0 amide bonds. The molecular weight excluding hydrogens is 224 g/mol. The highest BCUT2D eigenvalue weighted by Gasteiger charge is 2.44. The van der Waals surface area contributed by atoms with Crippen LogP contribution in [0, 0.1) is 5.92 Å². The van der Waals surface area contributed by atoms with Crippen LogP contribution in [0.4, 0.5) is 0 Å². The van der Waals surface area contributed by atoms with Gasteiger partial charge in [-0.25, -0.2) is 0 Å². The number of methoxy groups -OCH3 is 1. The average molecular weight is 244 g/mol. The van der Waals surface area contributed by atoms with Crippen molar-refractivity contribution in [3.63, 3.8) is 0 Å². The van der Waals surface area contributed by atoms with Crippen molar-refractivity contribution in [1.29, 1.82) is 0 Å². The van der Waals surface area contributed by atoms with E-state index in [9.17, 15) is 4.79 Å². The van der Waals surface area contributed by atoms with Crippen molar-refractivity contribution in [3.05, 3.63) is 29.3 Å². The molecule has 2 aliphatic rings. The molecule has 3 rings (SSSR count). The van der Waals surface area contributed by atoms with E-state index < -0.39 is 0 Å². The first-order chi connectivity index (χ1) is 8.63. The van der Waals surface area contributed by atoms with Crippen LogP contribution in [0.25, 0.3) is 0 Å². The van der Waals surface area contributed by atoms with Crippen molar-refractivity contribution >= 4 is 5.78 Å². The summed E-state index contributed by atoms with van der Waals surface area (Å²) in [6, 6.07) is 6.44. The van der Waals surface area contributed by atoms with E-state index >= 15 is 0 Å². The molecule has 2 nitrogen and oxygen atoms in total. The Bertz CT molecular complexity index is 492. The van der Waals surface area contributed by atoms with Crippen LogP contribution in [-0.2, 0) is 16.6 Å². The summed E-state index contributed by atoms with van der Waals surface area (Å²) in [6.45, 7) is 2.33. The average Bonchev–Trinajstić information content (AvgIpc) is 2.39.